The molecule has 5 nitrogen and oxygen atoms in total. The molecule has 0 aromatic rings. The summed E-state index contributed by atoms with van der Waals surface area (Å²) >= 11 is 0. The summed E-state index contributed by atoms with van der Waals surface area (Å²) in [5.74, 6) is 0. The maximum Gasteiger partial charge on any atom is 0.410 e. The number of piperidine rings is 1. The molecule has 0 bridgehead atoms. The third-order valence-corrected chi connectivity index (χ3v) is 2.33. The lowest BCUT2D eigenvalue weighted by Gasteiger charge is -2.32. The fourth-order valence-electron chi connectivity index (χ4n) is 1.52. The molecule has 15 heavy (non-hydrogen) atoms. The zero-order chi connectivity index (χ0) is 11.5. The van der Waals surface area contributed by atoms with Gasteiger partial charge in [0.25, 0.3) is 0 Å². The van der Waals surface area contributed by atoms with E-state index in [1.807, 2.05) is 20.8 Å². The number of carbonyl (C=O) groups excluding carboxylic acids is 1. The normalized spacial score (nSPS) is 19.1. The molecule has 1 saturated heterocycles. The monoisotopic (exact) mass is 216 g/mol. The number of nitrogens with zero attached hydrogens (tertiary/aromatic N) is 1. The summed E-state index contributed by atoms with van der Waals surface area (Å²) in [4.78, 5) is 13.3. The van der Waals surface area contributed by atoms with Gasteiger partial charge in [0, 0.05) is 19.1 Å². The number of hydrogen-bond acceptors (Lipinski definition) is 4. The molecule has 1 aliphatic heterocycles. The van der Waals surface area contributed by atoms with Crippen molar-refractivity contribution in [2.45, 2.75) is 45.3 Å². The van der Waals surface area contributed by atoms with Crippen LogP contribution in [0.1, 0.15) is 33.6 Å². The van der Waals surface area contributed by atoms with Crippen LogP contribution in [0.5, 0.6) is 0 Å². The van der Waals surface area contributed by atoms with Crippen LogP contribution in [0.15, 0.2) is 0 Å². The van der Waals surface area contributed by atoms with Gasteiger partial charge in [0.2, 0.25) is 0 Å². The smallest absolute Gasteiger partial charge is 0.410 e. The molecule has 5 heteroatoms. The molecule has 0 saturated carbocycles. The van der Waals surface area contributed by atoms with Crippen molar-refractivity contribution >= 4 is 6.09 Å². The second-order valence-corrected chi connectivity index (χ2v) is 4.87. The lowest BCUT2D eigenvalue weighted by Crippen LogP contribution is -2.45. The Labute approximate surface area is 90.4 Å². The SMILES string of the molecule is CC(C)(C)OC(=O)N1CCC(NO)CC1. The molecule has 0 spiro atoms. The quantitative estimate of drug-likeness (QED) is 0.650. The Balaban J connectivity index is 2.37. The van der Waals surface area contributed by atoms with Gasteiger partial charge in [-0.3, -0.25) is 0 Å². The van der Waals surface area contributed by atoms with E-state index < -0.39 is 5.60 Å². The lowest BCUT2D eigenvalue weighted by atomic mass is 10.1. The van der Waals surface area contributed by atoms with E-state index in [4.69, 9.17) is 9.94 Å². The van der Waals surface area contributed by atoms with Crippen LogP contribution in [0.3, 0.4) is 0 Å². The molecular weight excluding hydrogens is 196 g/mol. The molecule has 0 radical (unpaired) electrons. The number of hydroxylamine groups is 1. The van der Waals surface area contributed by atoms with Crippen LogP contribution in [0.25, 0.3) is 0 Å². The number of likely N-dealkylation sites (tertiary alicyclic amines) is 1. The topological polar surface area (TPSA) is 61.8 Å². The minimum absolute atomic E-state index is 0.101. The van der Waals surface area contributed by atoms with E-state index in [9.17, 15) is 4.79 Å². The average molecular weight is 216 g/mol. The predicted molar refractivity (Wildman–Crippen MR) is 55.8 cm³/mol. The third-order valence-electron chi connectivity index (χ3n) is 2.33. The zero-order valence-electron chi connectivity index (χ0n) is 9.62. The molecule has 1 heterocycles. The summed E-state index contributed by atoms with van der Waals surface area (Å²) < 4.78 is 5.25. The molecule has 1 rings (SSSR count). The van der Waals surface area contributed by atoms with Gasteiger partial charge in [-0.15, -0.1) is 0 Å². The van der Waals surface area contributed by atoms with E-state index >= 15 is 0 Å². The minimum Gasteiger partial charge on any atom is -0.444 e. The Bertz CT molecular complexity index is 217. The Morgan fingerprint density at radius 1 is 1.40 bits per heavy atom. The molecule has 1 amide bonds. The van der Waals surface area contributed by atoms with Gasteiger partial charge in [0.15, 0.2) is 0 Å². The molecule has 2 N–H and O–H groups in total. The molecule has 1 fully saturated rings. The second kappa shape index (κ2) is 4.81. The van der Waals surface area contributed by atoms with Gasteiger partial charge in [0.05, 0.1) is 0 Å². The average Bonchev–Trinajstić information content (AvgIpc) is 2.15. The van der Waals surface area contributed by atoms with Gasteiger partial charge in [0.1, 0.15) is 5.60 Å². The van der Waals surface area contributed by atoms with Gasteiger partial charge >= 0.3 is 6.09 Å². The first-order valence-corrected chi connectivity index (χ1v) is 5.30. The summed E-state index contributed by atoms with van der Waals surface area (Å²) in [6, 6.07) is 0.101. The first kappa shape index (κ1) is 12.3. The van der Waals surface area contributed by atoms with E-state index in [0.717, 1.165) is 12.8 Å². The van der Waals surface area contributed by atoms with Crippen LogP contribution >= 0.6 is 0 Å². The van der Waals surface area contributed by atoms with Crippen molar-refractivity contribution in [2.75, 3.05) is 13.1 Å². The van der Waals surface area contributed by atoms with Crippen LogP contribution < -0.4 is 5.48 Å². The number of rotatable bonds is 1. The minimum atomic E-state index is -0.441. The van der Waals surface area contributed by atoms with Crippen molar-refractivity contribution in [3.05, 3.63) is 0 Å². The number of amides is 1. The highest BCUT2D eigenvalue weighted by molar-refractivity contribution is 5.68. The number of carbonyl (C=O) groups is 1. The second-order valence-electron chi connectivity index (χ2n) is 4.87. The summed E-state index contributed by atoms with van der Waals surface area (Å²) in [5, 5.41) is 8.72. The van der Waals surface area contributed by atoms with Gasteiger partial charge < -0.3 is 14.8 Å². The standard InChI is InChI=1S/C10H20N2O3/c1-10(2,3)15-9(13)12-6-4-8(11-14)5-7-12/h8,11,14H,4-7H2,1-3H3. The van der Waals surface area contributed by atoms with E-state index in [1.54, 1.807) is 4.90 Å². The van der Waals surface area contributed by atoms with Crippen molar-refractivity contribution in [3.8, 4) is 0 Å². The Kier molecular flexibility index (Phi) is 3.93. The van der Waals surface area contributed by atoms with E-state index in [-0.39, 0.29) is 12.1 Å². The van der Waals surface area contributed by atoms with Crippen molar-refractivity contribution < 1.29 is 14.7 Å². The van der Waals surface area contributed by atoms with E-state index in [2.05, 4.69) is 5.48 Å². The largest absolute Gasteiger partial charge is 0.444 e. The first-order valence-electron chi connectivity index (χ1n) is 5.30. The van der Waals surface area contributed by atoms with Crippen LogP contribution in [-0.2, 0) is 4.74 Å². The molecule has 88 valence electrons. The van der Waals surface area contributed by atoms with Crippen LogP contribution in [0.2, 0.25) is 0 Å². The molecule has 1 aliphatic rings. The summed E-state index contributed by atoms with van der Waals surface area (Å²) in [6.45, 7) is 6.83. The van der Waals surface area contributed by atoms with Crippen molar-refractivity contribution in [3.63, 3.8) is 0 Å². The zero-order valence-corrected chi connectivity index (χ0v) is 9.62. The van der Waals surface area contributed by atoms with Gasteiger partial charge in [-0.25, -0.2) is 10.3 Å². The Morgan fingerprint density at radius 2 is 1.93 bits per heavy atom. The summed E-state index contributed by atoms with van der Waals surface area (Å²) in [5.41, 5.74) is 1.79. The molecule has 0 aliphatic carbocycles. The van der Waals surface area contributed by atoms with Gasteiger partial charge in [-0.1, -0.05) is 0 Å². The molecular formula is C10H20N2O3. The van der Waals surface area contributed by atoms with E-state index in [1.165, 1.54) is 0 Å². The van der Waals surface area contributed by atoms with Crippen LogP contribution in [0.4, 0.5) is 4.79 Å². The van der Waals surface area contributed by atoms with Crippen molar-refractivity contribution in [1.29, 1.82) is 0 Å². The summed E-state index contributed by atoms with van der Waals surface area (Å²) in [6.07, 6.45) is 1.25. The fourth-order valence-corrected chi connectivity index (χ4v) is 1.52. The fraction of sp³-hybridized carbons (Fsp3) is 0.900. The Morgan fingerprint density at radius 3 is 2.33 bits per heavy atom. The molecule has 0 atom stereocenters. The highest BCUT2D eigenvalue weighted by Crippen LogP contribution is 2.14. The highest BCUT2D eigenvalue weighted by atomic mass is 16.6. The van der Waals surface area contributed by atoms with Crippen molar-refractivity contribution in [2.24, 2.45) is 0 Å². The number of hydrogen-bond donors (Lipinski definition) is 2. The molecule has 0 aromatic heterocycles. The lowest BCUT2D eigenvalue weighted by molar-refractivity contribution is 0.0137. The summed E-state index contributed by atoms with van der Waals surface area (Å²) in [7, 11) is 0. The van der Waals surface area contributed by atoms with Crippen LogP contribution in [-0.4, -0.2) is 40.9 Å². The maximum absolute atomic E-state index is 11.6. The third kappa shape index (κ3) is 4.05. The maximum atomic E-state index is 11.6. The first-order chi connectivity index (χ1) is 6.92. The predicted octanol–water partition coefficient (Wildman–Crippen LogP) is 1.36. The highest BCUT2D eigenvalue weighted by Gasteiger charge is 2.26. The Hall–Kier alpha value is -0.810. The molecule has 0 aromatic carbocycles. The van der Waals surface area contributed by atoms with Crippen molar-refractivity contribution in [1.82, 2.24) is 10.4 Å². The molecule has 0 unspecified atom stereocenters. The number of nitrogens with one attached hydrogen (secondary N) is 1. The van der Waals surface area contributed by atoms with E-state index in [0.29, 0.717) is 13.1 Å². The van der Waals surface area contributed by atoms with Crippen LogP contribution in [0, 0.1) is 0 Å². The number of ether oxygens (including phenoxy) is 1. The van der Waals surface area contributed by atoms with Gasteiger partial charge in [-0.2, -0.15) is 0 Å². The van der Waals surface area contributed by atoms with Gasteiger partial charge in [-0.05, 0) is 33.6 Å².